The third-order valence-electron chi connectivity index (χ3n) is 3.32. The predicted molar refractivity (Wildman–Crippen MR) is 71.3 cm³/mol. The lowest BCUT2D eigenvalue weighted by molar-refractivity contribution is -0.128. The van der Waals surface area contributed by atoms with Gasteiger partial charge in [0.05, 0.1) is 12.5 Å². The molecule has 0 radical (unpaired) electrons. The van der Waals surface area contributed by atoms with Crippen LogP contribution in [-0.2, 0) is 9.53 Å². The summed E-state index contributed by atoms with van der Waals surface area (Å²) in [6.07, 6.45) is 4.09. The van der Waals surface area contributed by atoms with Crippen LogP contribution < -0.4 is 11.1 Å². The molecule has 0 aromatic heterocycles. The molecule has 1 fully saturated rings. The Kier molecular flexibility index (Phi) is 7.75. The van der Waals surface area contributed by atoms with Crippen LogP contribution in [0.2, 0.25) is 0 Å². The highest BCUT2D eigenvalue weighted by molar-refractivity contribution is 5.85. The van der Waals surface area contributed by atoms with Crippen LogP contribution in [0.25, 0.3) is 0 Å². The van der Waals surface area contributed by atoms with Crippen molar-refractivity contribution in [3.63, 3.8) is 0 Å². The summed E-state index contributed by atoms with van der Waals surface area (Å²) in [6.45, 7) is 5.78. The summed E-state index contributed by atoms with van der Waals surface area (Å²) in [5.41, 5.74) is 5.82. The minimum absolute atomic E-state index is 0. The van der Waals surface area contributed by atoms with E-state index in [1.807, 2.05) is 13.8 Å². The Morgan fingerprint density at radius 1 is 1.53 bits per heavy atom. The molecule has 0 spiro atoms. The first-order valence-electron chi connectivity index (χ1n) is 6.22. The SMILES string of the molecule is CCOCCNC(=O)C1CCCCC1(C)N.Cl. The van der Waals surface area contributed by atoms with Crippen LogP contribution in [0.5, 0.6) is 0 Å². The van der Waals surface area contributed by atoms with Crippen molar-refractivity contribution in [2.24, 2.45) is 11.7 Å². The molecule has 5 heteroatoms. The second-order valence-corrected chi connectivity index (χ2v) is 4.79. The molecule has 1 aliphatic rings. The van der Waals surface area contributed by atoms with E-state index in [4.69, 9.17) is 10.5 Å². The molecule has 0 aromatic rings. The zero-order chi connectivity index (χ0) is 12.0. The van der Waals surface area contributed by atoms with Gasteiger partial charge in [0.15, 0.2) is 0 Å². The standard InChI is InChI=1S/C12H24N2O2.ClH/c1-3-16-9-8-14-11(15)10-6-4-5-7-12(10,2)13;/h10H,3-9,13H2,1-2H3,(H,14,15);1H. The fourth-order valence-electron chi connectivity index (χ4n) is 2.30. The molecule has 0 aliphatic heterocycles. The number of amides is 1. The average molecular weight is 265 g/mol. The van der Waals surface area contributed by atoms with Gasteiger partial charge in [-0.1, -0.05) is 12.8 Å². The summed E-state index contributed by atoms with van der Waals surface area (Å²) >= 11 is 0. The van der Waals surface area contributed by atoms with Gasteiger partial charge in [0.1, 0.15) is 0 Å². The Bertz CT molecular complexity index is 235. The minimum Gasteiger partial charge on any atom is -0.380 e. The number of ether oxygens (including phenoxy) is 1. The van der Waals surface area contributed by atoms with Gasteiger partial charge in [-0.2, -0.15) is 0 Å². The van der Waals surface area contributed by atoms with Gasteiger partial charge in [0, 0.05) is 18.7 Å². The predicted octanol–water partition coefficient (Wildman–Crippen LogP) is 1.47. The van der Waals surface area contributed by atoms with E-state index < -0.39 is 0 Å². The molecule has 4 nitrogen and oxygen atoms in total. The third-order valence-corrected chi connectivity index (χ3v) is 3.32. The number of nitrogens with two attached hydrogens (primary N) is 1. The van der Waals surface area contributed by atoms with Crippen molar-refractivity contribution in [3.8, 4) is 0 Å². The Morgan fingerprint density at radius 3 is 2.82 bits per heavy atom. The second kappa shape index (κ2) is 7.90. The Balaban J connectivity index is 0.00000256. The fourth-order valence-corrected chi connectivity index (χ4v) is 2.30. The number of rotatable bonds is 5. The quantitative estimate of drug-likeness (QED) is 0.739. The molecule has 102 valence electrons. The average Bonchev–Trinajstić information content (AvgIpc) is 2.23. The number of hydrogen-bond donors (Lipinski definition) is 2. The molecule has 1 amide bonds. The summed E-state index contributed by atoms with van der Waals surface area (Å²) in [7, 11) is 0. The highest BCUT2D eigenvalue weighted by atomic mass is 35.5. The molecule has 0 bridgehead atoms. The molecule has 2 unspecified atom stereocenters. The van der Waals surface area contributed by atoms with Crippen molar-refractivity contribution < 1.29 is 9.53 Å². The van der Waals surface area contributed by atoms with E-state index >= 15 is 0 Å². The van der Waals surface area contributed by atoms with Crippen LogP contribution in [0.1, 0.15) is 39.5 Å². The van der Waals surface area contributed by atoms with Crippen LogP contribution in [0.4, 0.5) is 0 Å². The maximum Gasteiger partial charge on any atom is 0.225 e. The number of carbonyl (C=O) groups is 1. The molecule has 1 saturated carbocycles. The van der Waals surface area contributed by atoms with Gasteiger partial charge in [0.2, 0.25) is 5.91 Å². The lowest BCUT2D eigenvalue weighted by Crippen LogP contribution is -2.53. The molecule has 1 rings (SSSR count). The van der Waals surface area contributed by atoms with E-state index in [1.54, 1.807) is 0 Å². The highest BCUT2D eigenvalue weighted by Crippen LogP contribution is 2.31. The van der Waals surface area contributed by atoms with Gasteiger partial charge in [-0.25, -0.2) is 0 Å². The van der Waals surface area contributed by atoms with E-state index in [-0.39, 0.29) is 29.8 Å². The molecule has 0 heterocycles. The highest BCUT2D eigenvalue weighted by Gasteiger charge is 2.37. The van der Waals surface area contributed by atoms with Gasteiger partial charge in [-0.3, -0.25) is 4.79 Å². The number of halogens is 1. The molecule has 0 saturated heterocycles. The van der Waals surface area contributed by atoms with Crippen molar-refractivity contribution in [2.45, 2.75) is 45.1 Å². The summed E-state index contributed by atoms with van der Waals surface area (Å²) in [4.78, 5) is 11.9. The lowest BCUT2D eigenvalue weighted by Gasteiger charge is -2.37. The largest absolute Gasteiger partial charge is 0.380 e. The Labute approximate surface area is 110 Å². The first-order valence-corrected chi connectivity index (χ1v) is 6.22. The second-order valence-electron chi connectivity index (χ2n) is 4.79. The van der Waals surface area contributed by atoms with Gasteiger partial charge < -0.3 is 15.8 Å². The van der Waals surface area contributed by atoms with E-state index in [0.717, 1.165) is 25.7 Å². The van der Waals surface area contributed by atoms with Crippen molar-refractivity contribution in [2.75, 3.05) is 19.8 Å². The van der Waals surface area contributed by atoms with Crippen LogP contribution in [0, 0.1) is 5.92 Å². The van der Waals surface area contributed by atoms with Crippen molar-refractivity contribution in [1.82, 2.24) is 5.32 Å². The zero-order valence-electron chi connectivity index (χ0n) is 10.8. The summed E-state index contributed by atoms with van der Waals surface area (Å²) in [6, 6.07) is 0. The molecule has 3 N–H and O–H groups in total. The monoisotopic (exact) mass is 264 g/mol. The van der Waals surface area contributed by atoms with Gasteiger partial charge in [-0.15, -0.1) is 12.4 Å². The first-order chi connectivity index (χ1) is 7.58. The molecule has 0 aromatic carbocycles. The van der Waals surface area contributed by atoms with Crippen molar-refractivity contribution in [3.05, 3.63) is 0 Å². The first kappa shape index (κ1) is 16.7. The summed E-state index contributed by atoms with van der Waals surface area (Å²) in [5.74, 6) is 0.0484. The molecule has 17 heavy (non-hydrogen) atoms. The van der Waals surface area contributed by atoms with Crippen LogP contribution in [-0.4, -0.2) is 31.2 Å². The van der Waals surface area contributed by atoms with E-state index in [2.05, 4.69) is 5.32 Å². The molecular formula is C12H25ClN2O2. The maximum atomic E-state index is 11.9. The smallest absolute Gasteiger partial charge is 0.225 e. The zero-order valence-corrected chi connectivity index (χ0v) is 11.6. The maximum absolute atomic E-state index is 11.9. The van der Waals surface area contributed by atoms with Gasteiger partial charge in [0.25, 0.3) is 0 Å². The lowest BCUT2D eigenvalue weighted by atomic mass is 9.74. The Morgan fingerprint density at radius 2 is 2.24 bits per heavy atom. The van der Waals surface area contributed by atoms with E-state index in [9.17, 15) is 4.79 Å². The number of carbonyl (C=O) groups excluding carboxylic acids is 1. The molecule has 1 aliphatic carbocycles. The van der Waals surface area contributed by atoms with Gasteiger partial charge in [-0.05, 0) is 26.7 Å². The molecule has 2 atom stereocenters. The van der Waals surface area contributed by atoms with Gasteiger partial charge >= 0.3 is 0 Å². The third kappa shape index (κ3) is 5.23. The number of hydrogen-bond acceptors (Lipinski definition) is 3. The van der Waals surface area contributed by atoms with Crippen molar-refractivity contribution >= 4 is 18.3 Å². The molecular weight excluding hydrogens is 240 g/mol. The van der Waals surface area contributed by atoms with Crippen LogP contribution in [0.15, 0.2) is 0 Å². The minimum atomic E-state index is -0.339. The number of nitrogens with one attached hydrogen (secondary N) is 1. The Hall–Kier alpha value is -0.320. The van der Waals surface area contributed by atoms with Crippen LogP contribution in [0.3, 0.4) is 0 Å². The summed E-state index contributed by atoms with van der Waals surface area (Å²) in [5, 5.41) is 2.90. The van der Waals surface area contributed by atoms with E-state index in [1.165, 1.54) is 0 Å². The van der Waals surface area contributed by atoms with Crippen molar-refractivity contribution in [1.29, 1.82) is 0 Å². The van der Waals surface area contributed by atoms with E-state index in [0.29, 0.717) is 19.8 Å². The topological polar surface area (TPSA) is 64.3 Å². The summed E-state index contributed by atoms with van der Waals surface area (Å²) < 4.78 is 5.18. The normalized spacial score (nSPS) is 28.3. The van der Waals surface area contributed by atoms with Crippen LogP contribution >= 0.6 is 12.4 Å². The fraction of sp³-hybridized carbons (Fsp3) is 0.917.